The van der Waals surface area contributed by atoms with Gasteiger partial charge in [-0.3, -0.25) is 14.4 Å². The summed E-state index contributed by atoms with van der Waals surface area (Å²) in [5.74, 6) is -4.15. The van der Waals surface area contributed by atoms with Crippen molar-refractivity contribution in [1.29, 1.82) is 0 Å². The zero-order valence-electron chi connectivity index (χ0n) is 20.7. The number of fused-ring (bicyclic) bond motifs is 2. The smallest absolute Gasteiger partial charge is 0.303 e. The maximum absolute atomic E-state index is 12.6. The van der Waals surface area contributed by atoms with Crippen LogP contribution in [0.25, 0.3) is 0 Å². The summed E-state index contributed by atoms with van der Waals surface area (Å²) in [7, 11) is 0. The number of carbonyl (C=O) groups is 3. The van der Waals surface area contributed by atoms with Crippen LogP contribution in [0.3, 0.4) is 0 Å². The van der Waals surface area contributed by atoms with Crippen molar-refractivity contribution in [3.63, 3.8) is 0 Å². The Balaban J connectivity index is 1.80. The molecule has 1 unspecified atom stereocenters. The molecule has 0 aromatic heterocycles. The average molecular weight is 477 g/mol. The Bertz CT molecular complexity index is 956. The lowest BCUT2D eigenvalue weighted by Crippen LogP contribution is -2.85. The molecule has 0 amide bonds. The molecule has 8 nitrogen and oxygen atoms in total. The number of rotatable bonds is 3. The third-order valence-corrected chi connectivity index (χ3v) is 9.78. The fraction of sp³-hybridized carbons (Fsp3) is 0.808. The van der Waals surface area contributed by atoms with Gasteiger partial charge in [0.1, 0.15) is 17.6 Å². The SMILES string of the molecule is C=C1[C@@H](OC(C)=O)[C@]23[C@H](OC(C)=O)[C@H]1CC[C@H]2[C@]12CCCC(C)(C)[C@H]1[C@H](OC(C)=O)C3(O)OC2. The molecule has 9 atom stereocenters. The van der Waals surface area contributed by atoms with Crippen molar-refractivity contribution < 1.29 is 38.4 Å². The van der Waals surface area contributed by atoms with E-state index < -0.39 is 52.8 Å². The Kier molecular flexibility index (Phi) is 5.10. The molecule has 1 N–H and O–H groups in total. The predicted octanol–water partition coefficient (Wildman–Crippen LogP) is 2.91. The van der Waals surface area contributed by atoms with Gasteiger partial charge in [0.15, 0.2) is 6.10 Å². The van der Waals surface area contributed by atoms with Gasteiger partial charge in [0.25, 0.3) is 0 Å². The summed E-state index contributed by atoms with van der Waals surface area (Å²) >= 11 is 0. The van der Waals surface area contributed by atoms with E-state index in [9.17, 15) is 19.5 Å². The fourth-order valence-electron chi connectivity index (χ4n) is 9.16. The summed E-state index contributed by atoms with van der Waals surface area (Å²) in [6.07, 6.45) is 1.48. The summed E-state index contributed by atoms with van der Waals surface area (Å²) in [6, 6.07) is 0. The summed E-state index contributed by atoms with van der Waals surface area (Å²) in [5.41, 5.74) is -1.35. The van der Waals surface area contributed by atoms with Gasteiger partial charge in [-0.1, -0.05) is 26.8 Å². The lowest BCUT2D eigenvalue weighted by molar-refractivity contribution is -0.467. The maximum Gasteiger partial charge on any atom is 0.303 e. The van der Waals surface area contributed by atoms with Crippen molar-refractivity contribution in [2.45, 2.75) is 90.8 Å². The van der Waals surface area contributed by atoms with Crippen LogP contribution in [0.5, 0.6) is 0 Å². The number of esters is 3. The Morgan fingerprint density at radius 1 is 0.971 bits per heavy atom. The van der Waals surface area contributed by atoms with Crippen molar-refractivity contribution in [2.24, 2.45) is 34.0 Å². The highest BCUT2D eigenvalue weighted by Gasteiger charge is 2.87. The van der Waals surface area contributed by atoms with Gasteiger partial charge in [-0.15, -0.1) is 0 Å². The van der Waals surface area contributed by atoms with Crippen LogP contribution in [0.1, 0.15) is 66.7 Å². The summed E-state index contributed by atoms with van der Waals surface area (Å²) in [5, 5.41) is 12.6. The molecule has 6 fully saturated rings. The van der Waals surface area contributed by atoms with E-state index in [-0.39, 0.29) is 23.2 Å². The van der Waals surface area contributed by atoms with E-state index in [0.29, 0.717) is 18.6 Å². The number of ether oxygens (including phenoxy) is 4. The van der Waals surface area contributed by atoms with Gasteiger partial charge in [-0.2, -0.15) is 0 Å². The largest absolute Gasteiger partial charge is 0.461 e. The van der Waals surface area contributed by atoms with Crippen LogP contribution in [0.2, 0.25) is 0 Å². The van der Waals surface area contributed by atoms with E-state index >= 15 is 0 Å². The van der Waals surface area contributed by atoms with Crippen molar-refractivity contribution in [3.05, 3.63) is 12.2 Å². The van der Waals surface area contributed by atoms with Gasteiger partial charge in [0, 0.05) is 38.0 Å². The maximum atomic E-state index is 12.6. The number of aliphatic hydroxyl groups is 1. The minimum Gasteiger partial charge on any atom is -0.461 e. The molecule has 6 rings (SSSR count). The first-order chi connectivity index (χ1) is 15.8. The number of hydrogen-bond acceptors (Lipinski definition) is 8. The van der Waals surface area contributed by atoms with Gasteiger partial charge < -0.3 is 24.1 Å². The third kappa shape index (κ3) is 2.70. The van der Waals surface area contributed by atoms with E-state index in [0.717, 1.165) is 25.7 Å². The van der Waals surface area contributed by atoms with Gasteiger partial charge in [-0.25, -0.2) is 0 Å². The highest BCUT2D eigenvalue weighted by molar-refractivity contribution is 5.69. The van der Waals surface area contributed by atoms with Crippen LogP contribution < -0.4 is 0 Å². The molecule has 188 valence electrons. The van der Waals surface area contributed by atoms with Crippen molar-refractivity contribution in [3.8, 4) is 0 Å². The molecule has 0 aromatic rings. The van der Waals surface area contributed by atoms with E-state index in [2.05, 4.69) is 20.4 Å². The van der Waals surface area contributed by atoms with E-state index in [4.69, 9.17) is 18.9 Å². The van der Waals surface area contributed by atoms with Gasteiger partial charge in [0.2, 0.25) is 5.79 Å². The second-order valence-electron chi connectivity index (χ2n) is 11.8. The van der Waals surface area contributed by atoms with E-state index in [1.807, 2.05) is 0 Å². The lowest BCUT2D eigenvalue weighted by Gasteiger charge is -2.75. The minimum atomic E-state index is -2.01. The molecule has 34 heavy (non-hydrogen) atoms. The fourth-order valence-corrected chi connectivity index (χ4v) is 9.16. The second kappa shape index (κ2) is 7.29. The molecule has 6 aliphatic rings. The molecule has 0 radical (unpaired) electrons. The van der Waals surface area contributed by atoms with Crippen LogP contribution in [0.15, 0.2) is 12.2 Å². The monoisotopic (exact) mass is 476 g/mol. The van der Waals surface area contributed by atoms with Crippen molar-refractivity contribution in [1.82, 2.24) is 0 Å². The first-order valence-corrected chi connectivity index (χ1v) is 12.4. The standard InChI is InChI=1S/C26H36O8/c1-13-17-8-9-18-24-11-7-10-23(5,6)19(24)22(34-16(4)29)26(30,31-12-24)25(18,20(13)32-14(2)27)21(17)33-15(3)28/h17-22,30H,1,7-12H2,2-6H3/t17-,18-,19+,20+,21+,22-,24+,25-,26?/m0/s1. The number of hydrogen-bond donors (Lipinski definition) is 1. The first kappa shape index (κ1) is 23.8. The van der Waals surface area contributed by atoms with Crippen molar-refractivity contribution >= 4 is 17.9 Å². The molecule has 8 heteroatoms. The molecule has 2 spiro atoms. The van der Waals surface area contributed by atoms with Crippen molar-refractivity contribution in [2.75, 3.05) is 6.61 Å². The number of carbonyl (C=O) groups excluding carboxylic acids is 3. The van der Waals surface area contributed by atoms with E-state index in [1.54, 1.807) is 0 Å². The molecular formula is C26H36O8. The van der Waals surface area contributed by atoms with E-state index in [1.165, 1.54) is 20.8 Å². The molecule has 2 heterocycles. The highest BCUT2D eigenvalue weighted by Crippen LogP contribution is 2.78. The Labute approximate surface area is 200 Å². The molecule has 4 aliphatic carbocycles. The molecule has 2 aliphatic heterocycles. The minimum absolute atomic E-state index is 0.159. The summed E-state index contributed by atoms with van der Waals surface area (Å²) in [6.45, 7) is 12.9. The molecular weight excluding hydrogens is 440 g/mol. The van der Waals surface area contributed by atoms with Crippen LogP contribution in [-0.4, -0.2) is 53.7 Å². The molecule has 4 saturated carbocycles. The summed E-state index contributed by atoms with van der Waals surface area (Å²) in [4.78, 5) is 37.0. The highest BCUT2D eigenvalue weighted by atomic mass is 16.7. The van der Waals surface area contributed by atoms with Crippen LogP contribution in [-0.2, 0) is 33.3 Å². The van der Waals surface area contributed by atoms with Crippen LogP contribution in [0, 0.1) is 34.0 Å². The molecule has 4 bridgehead atoms. The first-order valence-electron chi connectivity index (χ1n) is 12.4. The van der Waals surface area contributed by atoms with Gasteiger partial charge in [-0.05, 0) is 42.6 Å². The normalized spacial score (nSPS) is 47.9. The van der Waals surface area contributed by atoms with Gasteiger partial charge >= 0.3 is 17.9 Å². The zero-order chi connectivity index (χ0) is 24.8. The topological polar surface area (TPSA) is 108 Å². The van der Waals surface area contributed by atoms with Crippen LogP contribution in [0.4, 0.5) is 0 Å². The third-order valence-electron chi connectivity index (χ3n) is 9.78. The zero-order valence-corrected chi connectivity index (χ0v) is 20.7. The van der Waals surface area contributed by atoms with Crippen LogP contribution >= 0.6 is 0 Å². The second-order valence-corrected chi connectivity index (χ2v) is 11.8. The van der Waals surface area contributed by atoms with Gasteiger partial charge in [0.05, 0.1) is 6.61 Å². The Morgan fingerprint density at radius 2 is 1.59 bits per heavy atom. The lowest BCUT2D eigenvalue weighted by atomic mass is 9.36. The molecule has 0 aromatic carbocycles. The quantitative estimate of drug-likeness (QED) is 0.376. The Morgan fingerprint density at radius 3 is 2.21 bits per heavy atom. The summed E-state index contributed by atoms with van der Waals surface area (Å²) < 4.78 is 24.1. The molecule has 2 saturated heterocycles. The predicted molar refractivity (Wildman–Crippen MR) is 119 cm³/mol. The Hall–Kier alpha value is -1.93. The average Bonchev–Trinajstić information content (AvgIpc) is 2.83.